The van der Waals surface area contributed by atoms with E-state index in [-0.39, 0.29) is 28.1 Å². The zero-order valence-corrected chi connectivity index (χ0v) is 16.4. The summed E-state index contributed by atoms with van der Waals surface area (Å²) in [4.78, 5) is 15.9. The van der Waals surface area contributed by atoms with Gasteiger partial charge in [0.15, 0.2) is 0 Å². The standard InChI is InChI=1S/C19H16ClF2N3O3S/c20-15-4-2-1-3-11(15)8-18(26)25-13-5-6-14(17(9-13)29(23,27)28)16-7-12(10-24-16)19(21)22/h1-7,9-10,16,19H,8H2,(H,25,26)(H2,23,27,28). The number of benzene rings is 2. The monoisotopic (exact) mass is 439 g/mol. The SMILES string of the molecule is NS(=O)(=O)c1cc(NC(=O)Cc2ccccc2Cl)ccc1C1C=C(C(F)F)C=N1. The number of hydrogen-bond donors (Lipinski definition) is 2. The van der Waals surface area contributed by atoms with Crippen molar-refractivity contribution < 1.29 is 22.0 Å². The molecule has 0 aromatic heterocycles. The summed E-state index contributed by atoms with van der Waals surface area (Å²) >= 11 is 6.04. The third-order valence-electron chi connectivity index (χ3n) is 4.22. The summed E-state index contributed by atoms with van der Waals surface area (Å²) in [5, 5.41) is 8.30. The van der Waals surface area contributed by atoms with Gasteiger partial charge in [-0.25, -0.2) is 22.3 Å². The number of nitrogens with two attached hydrogens (primary N) is 1. The molecule has 1 aliphatic rings. The number of nitrogens with one attached hydrogen (secondary N) is 1. The van der Waals surface area contributed by atoms with Crippen LogP contribution >= 0.6 is 11.6 Å². The number of halogens is 3. The van der Waals surface area contributed by atoms with Crippen LogP contribution in [0.1, 0.15) is 17.2 Å². The van der Waals surface area contributed by atoms with Crippen molar-refractivity contribution in [1.82, 2.24) is 0 Å². The Hall–Kier alpha value is -2.62. The highest BCUT2D eigenvalue weighted by molar-refractivity contribution is 7.89. The summed E-state index contributed by atoms with van der Waals surface area (Å²) in [6, 6.07) is 9.95. The Balaban J connectivity index is 1.86. The van der Waals surface area contributed by atoms with E-state index in [4.69, 9.17) is 16.7 Å². The Morgan fingerprint density at radius 1 is 1.24 bits per heavy atom. The average Bonchev–Trinajstić information content (AvgIpc) is 3.13. The molecule has 1 amide bonds. The molecule has 0 fully saturated rings. The Morgan fingerprint density at radius 2 is 1.97 bits per heavy atom. The molecule has 3 N–H and O–H groups in total. The predicted molar refractivity (Wildman–Crippen MR) is 107 cm³/mol. The second kappa shape index (κ2) is 8.40. The zero-order chi connectivity index (χ0) is 21.2. The maximum atomic E-state index is 12.8. The number of allylic oxidation sites excluding steroid dienone is 1. The molecule has 29 heavy (non-hydrogen) atoms. The molecule has 3 rings (SSSR count). The minimum absolute atomic E-state index is 0.0143. The van der Waals surface area contributed by atoms with Gasteiger partial charge in [-0.05, 0) is 29.8 Å². The van der Waals surface area contributed by atoms with Crippen molar-refractivity contribution in [2.75, 3.05) is 5.32 Å². The van der Waals surface area contributed by atoms with Crippen LogP contribution in [0.15, 0.2) is 64.0 Å². The first-order chi connectivity index (χ1) is 13.6. The molecule has 2 aromatic rings. The number of hydrogen-bond acceptors (Lipinski definition) is 4. The van der Waals surface area contributed by atoms with Crippen molar-refractivity contribution in [1.29, 1.82) is 0 Å². The van der Waals surface area contributed by atoms with Gasteiger partial charge in [0.2, 0.25) is 15.9 Å². The first-order valence-electron chi connectivity index (χ1n) is 8.38. The third kappa shape index (κ3) is 5.06. The van der Waals surface area contributed by atoms with E-state index in [1.807, 2.05) is 0 Å². The molecule has 10 heteroatoms. The summed E-state index contributed by atoms with van der Waals surface area (Å²) in [6.45, 7) is 0. The Morgan fingerprint density at radius 3 is 2.59 bits per heavy atom. The van der Waals surface area contributed by atoms with Crippen LogP contribution in [0.3, 0.4) is 0 Å². The van der Waals surface area contributed by atoms with Gasteiger partial charge in [-0.3, -0.25) is 9.79 Å². The molecular weight excluding hydrogens is 424 g/mol. The molecule has 1 atom stereocenters. The topological polar surface area (TPSA) is 102 Å². The molecule has 0 bridgehead atoms. The third-order valence-corrected chi connectivity index (χ3v) is 5.55. The van der Waals surface area contributed by atoms with Crippen LogP contribution in [-0.2, 0) is 21.2 Å². The van der Waals surface area contributed by atoms with Gasteiger partial charge in [0.1, 0.15) is 0 Å². The van der Waals surface area contributed by atoms with Crippen molar-refractivity contribution in [3.8, 4) is 0 Å². The summed E-state index contributed by atoms with van der Waals surface area (Å²) in [5.74, 6) is -0.412. The Bertz CT molecular complexity index is 1120. The van der Waals surface area contributed by atoms with Crippen molar-refractivity contribution in [2.24, 2.45) is 10.1 Å². The summed E-state index contributed by atoms with van der Waals surface area (Å²) in [7, 11) is -4.20. The number of nitrogens with zero attached hydrogens (tertiary/aromatic N) is 1. The van der Waals surface area contributed by atoms with Crippen molar-refractivity contribution in [3.05, 3.63) is 70.3 Å². The number of primary sulfonamides is 1. The first-order valence-corrected chi connectivity index (χ1v) is 10.3. The largest absolute Gasteiger partial charge is 0.326 e. The Kier molecular flexibility index (Phi) is 6.11. The molecule has 6 nitrogen and oxygen atoms in total. The molecule has 0 saturated carbocycles. The summed E-state index contributed by atoms with van der Waals surface area (Å²) in [5.41, 5.74) is 0.644. The van der Waals surface area contributed by atoms with Crippen molar-refractivity contribution >= 4 is 39.4 Å². The number of aliphatic imine (C=N–C) groups is 1. The van der Waals surface area contributed by atoms with E-state index in [2.05, 4.69) is 10.3 Å². The minimum atomic E-state index is -4.20. The van der Waals surface area contributed by atoms with Crippen LogP contribution in [0.4, 0.5) is 14.5 Å². The zero-order valence-electron chi connectivity index (χ0n) is 14.8. The molecule has 2 aromatic carbocycles. The van der Waals surface area contributed by atoms with Gasteiger partial charge < -0.3 is 5.32 Å². The number of alkyl halides is 2. The summed E-state index contributed by atoms with van der Waals surface area (Å²) in [6.07, 6.45) is -0.559. The molecule has 152 valence electrons. The highest BCUT2D eigenvalue weighted by Gasteiger charge is 2.25. The number of amides is 1. The number of carbonyl (C=O) groups is 1. The van der Waals surface area contributed by atoms with E-state index in [1.165, 1.54) is 24.3 Å². The second-order valence-corrected chi connectivity index (χ2v) is 8.24. The van der Waals surface area contributed by atoms with Crippen LogP contribution in [0.25, 0.3) is 0 Å². The van der Waals surface area contributed by atoms with E-state index in [0.717, 1.165) is 6.21 Å². The van der Waals surface area contributed by atoms with Crippen molar-refractivity contribution in [3.63, 3.8) is 0 Å². The normalized spacial score (nSPS) is 16.2. The van der Waals surface area contributed by atoms with Crippen molar-refractivity contribution in [2.45, 2.75) is 23.8 Å². The quantitative estimate of drug-likeness (QED) is 0.720. The lowest BCUT2D eigenvalue weighted by Crippen LogP contribution is -2.18. The van der Waals surface area contributed by atoms with Gasteiger partial charge in [-0.1, -0.05) is 35.9 Å². The maximum absolute atomic E-state index is 12.8. The fourth-order valence-corrected chi connectivity index (χ4v) is 3.87. The number of anilines is 1. The van der Waals surface area contributed by atoms with Crippen LogP contribution in [0.5, 0.6) is 0 Å². The smallest absolute Gasteiger partial charge is 0.265 e. The van der Waals surface area contributed by atoms with E-state index in [0.29, 0.717) is 10.6 Å². The predicted octanol–water partition coefficient (Wildman–Crippen LogP) is 3.49. The highest BCUT2D eigenvalue weighted by Crippen LogP contribution is 2.32. The van der Waals surface area contributed by atoms with Gasteiger partial charge in [0.25, 0.3) is 6.43 Å². The molecule has 0 radical (unpaired) electrons. The lowest BCUT2D eigenvalue weighted by atomic mass is 10.1. The van der Waals surface area contributed by atoms with Gasteiger partial charge in [-0.15, -0.1) is 0 Å². The van der Waals surface area contributed by atoms with E-state index in [1.54, 1.807) is 24.3 Å². The molecule has 1 heterocycles. The van der Waals surface area contributed by atoms with Crippen LogP contribution in [0.2, 0.25) is 5.02 Å². The Labute approximate surface area is 171 Å². The number of carbonyl (C=O) groups excluding carboxylic acids is 1. The van der Waals surface area contributed by atoms with Crippen LogP contribution in [0, 0.1) is 0 Å². The molecule has 1 unspecified atom stereocenters. The van der Waals surface area contributed by atoms with Gasteiger partial charge in [0.05, 0.1) is 17.4 Å². The number of rotatable bonds is 6. The molecule has 0 aliphatic carbocycles. The minimum Gasteiger partial charge on any atom is -0.326 e. The molecule has 1 aliphatic heterocycles. The van der Waals surface area contributed by atoms with E-state index in [9.17, 15) is 22.0 Å². The fraction of sp³-hybridized carbons (Fsp3) is 0.158. The molecular formula is C19H16ClF2N3O3S. The van der Waals surface area contributed by atoms with E-state index < -0.39 is 28.4 Å². The summed E-state index contributed by atoms with van der Waals surface area (Å²) < 4.78 is 49.7. The van der Waals surface area contributed by atoms with Gasteiger partial charge in [-0.2, -0.15) is 0 Å². The molecule has 0 spiro atoms. The van der Waals surface area contributed by atoms with E-state index >= 15 is 0 Å². The fourth-order valence-electron chi connectivity index (χ4n) is 2.86. The van der Waals surface area contributed by atoms with Gasteiger partial charge in [0, 0.05) is 28.1 Å². The van der Waals surface area contributed by atoms with Crippen LogP contribution in [-0.4, -0.2) is 27.0 Å². The maximum Gasteiger partial charge on any atom is 0.265 e. The van der Waals surface area contributed by atoms with Crippen LogP contribution < -0.4 is 10.5 Å². The number of sulfonamides is 1. The molecule has 0 saturated heterocycles. The lowest BCUT2D eigenvalue weighted by Gasteiger charge is -2.14. The highest BCUT2D eigenvalue weighted by atomic mass is 35.5. The second-order valence-electron chi connectivity index (χ2n) is 6.30. The van der Waals surface area contributed by atoms with Gasteiger partial charge >= 0.3 is 0 Å². The lowest BCUT2D eigenvalue weighted by molar-refractivity contribution is -0.115. The first kappa shape index (κ1) is 21.1. The average molecular weight is 440 g/mol.